The maximum absolute atomic E-state index is 13.8. The number of carbonyl (C=O) groups excluding carboxylic acids is 2. The number of hydrogen-bond donors (Lipinski definition) is 1. The minimum Gasteiger partial charge on any atom is -0.507 e. The van der Waals surface area contributed by atoms with Crippen LogP contribution < -0.4 is 23.8 Å². The number of benzene rings is 3. The van der Waals surface area contributed by atoms with E-state index in [1.807, 2.05) is 32.0 Å². The van der Waals surface area contributed by atoms with Crippen molar-refractivity contribution in [3.63, 3.8) is 0 Å². The highest BCUT2D eigenvalue weighted by molar-refractivity contribution is 7.22. The van der Waals surface area contributed by atoms with Crippen LogP contribution in [0.4, 0.5) is 5.13 Å². The predicted octanol–water partition coefficient (Wildman–Crippen LogP) is 7.69. The van der Waals surface area contributed by atoms with E-state index in [-0.39, 0.29) is 11.3 Å². The van der Waals surface area contributed by atoms with Gasteiger partial charge in [0.1, 0.15) is 17.3 Å². The summed E-state index contributed by atoms with van der Waals surface area (Å²) >= 11 is 1.27. The highest BCUT2D eigenvalue weighted by Crippen LogP contribution is 2.46. The molecule has 1 unspecified atom stereocenters. The molecule has 0 aliphatic carbocycles. The van der Waals surface area contributed by atoms with Crippen molar-refractivity contribution in [2.75, 3.05) is 31.8 Å². The predicted molar refractivity (Wildman–Crippen MR) is 176 cm³/mol. The van der Waals surface area contributed by atoms with E-state index in [0.29, 0.717) is 64.6 Å². The maximum atomic E-state index is 13.8. The summed E-state index contributed by atoms with van der Waals surface area (Å²) in [5.41, 5.74) is 1.56. The number of aromatic nitrogens is 1. The van der Waals surface area contributed by atoms with Gasteiger partial charge >= 0.3 is 5.91 Å². The Kier molecular flexibility index (Phi) is 10.2. The largest absolute Gasteiger partial charge is 0.507 e. The molecule has 9 nitrogen and oxygen atoms in total. The van der Waals surface area contributed by atoms with Crippen molar-refractivity contribution in [3.05, 3.63) is 77.4 Å². The number of thiazole rings is 1. The molecule has 10 heteroatoms. The number of anilines is 1. The number of unbranched alkanes of at least 4 members (excludes halogenated alkanes) is 2. The number of amides is 1. The molecular weight excluding hydrogens is 592 g/mol. The van der Waals surface area contributed by atoms with E-state index in [4.69, 9.17) is 23.9 Å². The van der Waals surface area contributed by atoms with Crippen LogP contribution in [0.15, 0.2) is 66.2 Å². The maximum Gasteiger partial charge on any atom is 0.301 e. The first-order valence-electron chi connectivity index (χ1n) is 15.3. The van der Waals surface area contributed by atoms with Crippen LogP contribution in [0, 0.1) is 0 Å². The number of carbonyl (C=O) groups is 2. The molecule has 1 amide bonds. The Hall–Kier alpha value is -4.57. The van der Waals surface area contributed by atoms with Crippen molar-refractivity contribution in [1.29, 1.82) is 0 Å². The number of ketones is 1. The number of methoxy groups -OCH3 is 1. The Morgan fingerprint density at radius 2 is 1.64 bits per heavy atom. The summed E-state index contributed by atoms with van der Waals surface area (Å²) in [6.07, 6.45) is 3.89. The molecule has 236 valence electrons. The van der Waals surface area contributed by atoms with Gasteiger partial charge in [0.2, 0.25) is 0 Å². The average molecular weight is 631 g/mol. The molecule has 0 saturated carbocycles. The molecule has 1 fully saturated rings. The van der Waals surface area contributed by atoms with E-state index >= 15 is 0 Å². The van der Waals surface area contributed by atoms with E-state index < -0.39 is 17.7 Å². The zero-order valence-electron chi connectivity index (χ0n) is 26.0. The van der Waals surface area contributed by atoms with Gasteiger partial charge in [-0.1, -0.05) is 44.1 Å². The quantitative estimate of drug-likeness (QED) is 0.0654. The number of nitrogens with zero attached hydrogens (tertiary/aromatic N) is 2. The lowest BCUT2D eigenvalue weighted by atomic mass is 9.95. The van der Waals surface area contributed by atoms with Gasteiger partial charge in [0.25, 0.3) is 5.78 Å². The van der Waals surface area contributed by atoms with Crippen LogP contribution in [0.5, 0.6) is 23.0 Å². The Morgan fingerprint density at radius 1 is 0.867 bits per heavy atom. The molecule has 0 bridgehead atoms. The number of aliphatic hydroxyl groups is 1. The molecule has 1 aliphatic rings. The van der Waals surface area contributed by atoms with E-state index in [0.717, 1.165) is 30.4 Å². The standard InChI is InChI=1S/C35H38N2O7S/c1-5-8-9-19-44-27-17-12-23(20-28(27)41-4)31-30(32(38)22-10-13-24(14-11-22)43-18-6-2)33(39)34(40)37(31)35-36-26-16-15-25(42-7-3)21-29(26)45-35/h10-17,20-21,31,38H,5-9,18-19H2,1-4H3. The van der Waals surface area contributed by atoms with Crippen LogP contribution in [0.2, 0.25) is 0 Å². The Bertz CT molecular complexity index is 1700. The third kappa shape index (κ3) is 6.76. The second-order valence-corrected chi connectivity index (χ2v) is 11.6. The molecule has 1 N–H and O–H groups in total. The van der Waals surface area contributed by atoms with E-state index in [1.54, 1.807) is 49.6 Å². The lowest BCUT2D eigenvalue weighted by Crippen LogP contribution is -2.29. The molecule has 3 aromatic carbocycles. The highest BCUT2D eigenvalue weighted by atomic mass is 32.1. The van der Waals surface area contributed by atoms with Crippen LogP contribution in [0.25, 0.3) is 16.0 Å². The lowest BCUT2D eigenvalue weighted by molar-refractivity contribution is -0.132. The van der Waals surface area contributed by atoms with Crippen molar-refractivity contribution >= 4 is 44.1 Å². The summed E-state index contributed by atoms with van der Waals surface area (Å²) in [5, 5.41) is 11.9. The summed E-state index contributed by atoms with van der Waals surface area (Å²) in [4.78, 5) is 33.6. The number of Topliss-reactive ketones (excluding diaryl/α,β-unsaturated/α-hetero) is 1. The molecule has 0 radical (unpaired) electrons. The summed E-state index contributed by atoms with van der Waals surface area (Å²) in [5.74, 6) is 0.457. The number of ether oxygens (including phenoxy) is 4. The van der Waals surface area contributed by atoms with Gasteiger partial charge in [-0.2, -0.15) is 0 Å². The fraction of sp³-hybridized carbons (Fsp3) is 0.343. The topological polar surface area (TPSA) is 107 Å². The monoisotopic (exact) mass is 630 g/mol. The molecule has 1 aromatic heterocycles. The minimum absolute atomic E-state index is 0.0462. The Balaban J connectivity index is 1.61. The number of rotatable bonds is 14. The molecule has 0 spiro atoms. The van der Waals surface area contributed by atoms with E-state index in [2.05, 4.69) is 6.92 Å². The zero-order chi connectivity index (χ0) is 31.9. The van der Waals surface area contributed by atoms with Gasteiger partial charge in [-0.05, 0) is 79.9 Å². The zero-order valence-corrected chi connectivity index (χ0v) is 26.8. The van der Waals surface area contributed by atoms with Gasteiger partial charge in [-0.25, -0.2) is 4.98 Å². The van der Waals surface area contributed by atoms with Gasteiger partial charge in [-0.3, -0.25) is 14.5 Å². The van der Waals surface area contributed by atoms with Crippen LogP contribution in [0.1, 0.15) is 63.6 Å². The van der Waals surface area contributed by atoms with E-state index in [1.165, 1.54) is 16.2 Å². The normalized spacial score (nSPS) is 15.9. The van der Waals surface area contributed by atoms with Crippen molar-refractivity contribution < 1.29 is 33.6 Å². The van der Waals surface area contributed by atoms with Crippen LogP contribution in [0.3, 0.4) is 0 Å². The van der Waals surface area contributed by atoms with Crippen molar-refractivity contribution in [3.8, 4) is 23.0 Å². The molecule has 1 aliphatic heterocycles. The lowest BCUT2D eigenvalue weighted by Gasteiger charge is -2.24. The first kappa shape index (κ1) is 31.8. The molecule has 1 atom stereocenters. The number of fused-ring (bicyclic) bond motifs is 1. The fourth-order valence-electron chi connectivity index (χ4n) is 5.19. The average Bonchev–Trinajstić information content (AvgIpc) is 3.59. The van der Waals surface area contributed by atoms with Crippen LogP contribution >= 0.6 is 11.3 Å². The second-order valence-electron chi connectivity index (χ2n) is 10.6. The third-order valence-electron chi connectivity index (χ3n) is 7.42. The Morgan fingerprint density at radius 3 is 2.36 bits per heavy atom. The van der Waals surface area contributed by atoms with Gasteiger partial charge in [-0.15, -0.1) is 0 Å². The van der Waals surface area contributed by atoms with Crippen molar-refractivity contribution in [2.45, 2.75) is 52.5 Å². The smallest absolute Gasteiger partial charge is 0.301 e. The molecular formula is C35H38N2O7S. The van der Waals surface area contributed by atoms with Gasteiger partial charge in [0.15, 0.2) is 16.6 Å². The fourth-order valence-corrected chi connectivity index (χ4v) is 6.21. The first-order valence-corrected chi connectivity index (χ1v) is 16.1. The summed E-state index contributed by atoms with van der Waals surface area (Å²) in [6.45, 7) is 7.66. The second kappa shape index (κ2) is 14.5. The molecule has 1 saturated heterocycles. The van der Waals surface area contributed by atoms with Gasteiger partial charge < -0.3 is 24.1 Å². The number of aliphatic hydroxyl groups excluding tert-OH is 1. The van der Waals surface area contributed by atoms with Gasteiger partial charge in [0.05, 0.1) is 48.8 Å². The van der Waals surface area contributed by atoms with E-state index in [9.17, 15) is 14.7 Å². The SMILES string of the molecule is CCCCCOc1ccc(C2C(=C(O)c3ccc(OCCC)cc3)C(=O)C(=O)N2c2nc3ccc(OCC)cc3s2)cc1OC. The van der Waals surface area contributed by atoms with Crippen molar-refractivity contribution in [2.24, 2.45) is 0 Å². The Labute approximate surface area is 267 Å². The summed E-state index contributed by atoms with van der Waals surface area (Å²) in [6, 6.07) is 16.6. The molecule has 2 heterocycles. The first-order chi connectivity index (χ1) is 21.9. The minimum atomic E-state index is -0.976. The summed E-state index contributed by atoms with van der Waals surface area (Å²) < 4.78 is 23.8. The molecule has 4 aromatic rings. The van der Waals surface area contributed by atoms with Crippen LogP contribution in [-0.4, -0.2) is 48.7 Å². The van der Waals surface area contributed by atoms with Gasteiger partial charge in [0, 0.05) is 5.56 Å². The third-order valence-corrected chi connectivity index (χ3v) is 8.44. The molecule has 45 heavy (non-hydrogen) atoms. The van der Waals surface area contributed by atoms with Crippen LogP contribution in [-0.2, 0) is 9.59 Å². The number of hydrogen-bond acceptors (Lipinski definition) is 9. The van der Waals surface area contributed by atoms with Crippen molar-refractivity contribution in [1.82, 2.24) is 4.98 Å². The molecule has 5 rings (SSSR count). The summed E-state index contributed by atoms with van der Waals surface area (Å²) in [7, 11) is 1.54. The highest BCUT2D eigenvalue weighted by Gasteiger charge is 2.48.